The van der Waals surface area contributed by atoms with Crippen LogP contribution in [0, 0.1) is 11.3 Å². The predicted octanol–water partition coefficient (Wildman–Crippen LogP) is 3.01. The number of amides is 1. The fourth-order valence-electron chi connectivity index (χ4n) is 2.53. The normalized spacial score (nSPS) is 17.8. The number of nitrogens with one attached hydrogen (secondary N) is 1. The molecule has 0 spiro atoms. The molecule has 0 aliphatic heterocycles. The van der Waals surface area contributed by atoms with E-state index in [2.05, 4.69) is 18.3 Å². The van der Waals surface area contributed by atoms with Crippen molar-refractivity contribution in [1.29, 1.82) is 5.26 Å². The van der Waals surface area contributed by atoms with E-state index in [1.165, 1.54) is 19.3 Å². The van der Waals surface area contributed by atoms with Crippen molar-refractivity contribution in [3.63, 3.8) is 0 Å². The molecular weight excluding hydrogens is 224 g/mol. The summed E-state index contributed by atoms with van der Waals surface area (Å²) in [6.45, 7) is 2.11. The fraction of sp³-hybridized carbons (Fsp3) is 0.467. The van der Waals surface area contributed by atoms with Crippen LogP contribution in [0.5, 0.6) is 0 Å². The molecule has 94 valence electrons. The lowest BCUT2D eigenvalue weighted by Crippen LogP contribution is -2.47. The van der Waals surface area contributed by atoms with Gasteiger partial charge in [0.25, 0.3) is 5.91 Å². The van der Waals surface area contributed by atoms with Gasteiger partial charge in [-0.15, -0.1) is 0 Å². The number of hydrogen-bond donors (Lipinski definition) is 1. The van der Waals surface area contributed by atoms with Gasteiger partial charge in [-0.2, -0.15) is 5.26 Å². The first-order valence-electron chi connectivity index (χ1n) is 6.46. The zero-order chi connectivity index (χ0) is 13.0. The highest BCUT2D eigenvalue weighted by Crippen LogP contribution is 2.27. The first-order chi connectivity index (χ1) is 8.63. The van der Waals surface area contributed by atoms with E-state index < -0.39 is 0 Å². The summed E-state index contributed by atoms with van der Waals surface area (Å²) in [4.78, 5) is 12.2. The van der Waals surface area contributed by atoms with E-state index in [0.717, 1.165) is 12.8 Å². The van der Waals surface area contributed by atoms with Gasteiger partial charge in [0.2, 0.25) is 0 Å². The van der Waals surface area contributed by atoms with Crippen LogP contribution in [0.1, 0.15) is 54.9 Å². The van der Waals surface area contributed by atoms with E-state index in [9.17, 15) is 4.79 Å². The number of benzene rings is 1. The van der Waals surface area contributed by atoms with Crippen LogP contribution in [0.4, 0.5) is 0 Å². The van der Waals surface area contributed by atoms with Gasteiger partial charge in [0.1, 0.15) is 0 Å². The molecule has 1 aliphatic carbocycles. The van der Waals surface area contributed by atoms with E-state index in [0.29, 0.717) is 11.1 Å². The molecule has 18 heavy (non-hydrogen) atoms. The minimum Gasteiger partial charge on any atom is -0.347 e. The zero-order valence-electron chi connectivity index (χ0n) is 10.7. The van der Waals surface area contributed by atoms with Crippen molar-refractivity contribution in [3.8, 4) is 6.07 Å². The SMILES string of the molecule is CC1(NC(=O)c2cccc(C#N)c2)CCCCC1. The predicted molar refractivity (Wildman–Crippen MR) is 70.1 cm³/mol. The van der Waals surface area contributed by atoms with Gasteiger partial charge in [0, 0.05) is 11.1 Å². The fourth-order valence-corrected chi connectivity index (χ4v) is 2.53. The molecule has 1 aromatic carbocycles. The van der Waals surface area contributed by atoms with Gasteiger partial charge in [-0.25, -0.2) is 0 Å². The number of nitriles is 1. The van der Waals surface area contributed by atoms with Crippen molar-refractivity contribution in [3.05, 3.63) is 35.4 Å². The van der Waals surface area contributed by atoms with E-state index in [-0.39, 0.29) is 11.4 Å². The Bertz CT molecular complexity index is 482. The Labute approximate surface area is 108 Å². The minimum absolute atomic E-state index is 0.0727. The number of carbonyl (C=O) groups excluding carboxylic acids is 1. The maximum absolute atomic E-state index is 12.2. The molecule has 2 rings (SSSR count). The molecule has 3 heteroatoms. The summed E-state index contributed by atoms with van der Waals surface area (Å²) in [7, 11) is 0. The zero-order valence-corrected chi connectivity index (χ0v) is 10.7. The van der Waals surface area contributed by atoms with Crippen molar-refractivity contribution < 1.29 is 4.79 Å². The van der Waals surface area contributed by atoms with Gasteiger partial charge in [0.15, 0.2) is 0 Å². The topological polar surface area (TPSA) is 52.9 Å². The number of rotatable bonds is 2. The smallest absolute Gasteiger partial charge is 0.251 e. The standard InChI is InChI=1S/C15H18N2O/c1-15(8-3-2-4-9-15)17-14(18)13-7-5-6-12(10-13)11-16/h5-7,10H,2-4,8-9H2,1H3,(H,17,18). The molecule has 1 aliphatic rings. The molecule has 1 fully saturated rings. The quantitative estimate of drug-likeness (QED) is 0.866. The van der Waals surface area contributed by atoms with Gasteiger partial charge in [0.05, 0.1) is 11.6 Å². The van der Waals surface area contributed by atoms with Crippen LogP contribution in [0.25, 0.3) is 0 Å². The first-order valence-corrected chi connectivity index (χ1v) is 6.46. The second-order valence-corrected chi connectivity index (χ2v) is 5.27. The average Bonchev–Trinajstić information content (AvgIpc) is 2.39. The number of carbonyl (C=O) groups is 1. The molecule has 0 radical (unpaired) electrons. The van der Waals surface area contributed by atoms with E-state index in [4.69, 9.17) is 5.26 Å². The summed E-state index contributed by atoms with van der Waals surface area (Å²) in [6, 6.07) is 8.90. The van der Waals surface area contributed by atoms with Crippen LogP contribution < -0.4 is 5.32 Å². The van der Waals surface area contributed by atoms with Gasteiger partial charge in [-0.05, 0) is 38.0 Å². The van der Waals surface area contributed by atoms with Crippen LogP contribution in [-0.4, -0.2) is 11.4 Å². The third-order valence-corrected chi connectivity index (χ3v) is 3.63. The Morgan fingerprint density at radius 3 is 2.72 bits per heavy atom. The Kier molecular flexibility index (Phi) is 3.66. The summed E-state index contributed by atoms with van der Waals surface area (Å²) in [5, 5.41) is 11.9. The van der Waals surface area contributed by atoms with Crippen LogP contribution in [0.15, 0.2) is 24.3 Å². The number of hydrogen-bond acceptors (Lipinski definition) is 2. The highest BCUT2D eigenvalue weighted by molar-refractivity contribution is 5.95. The van der Waals surface area contributed by atoms with Crippen LogP contribution >= 0.6 is 0 Å². The molecule has 0 saturated heterocycles. The lowest BCUT2D eigenvalue weighted by molar-refractivity contribution is 0.0882. The summed E-state index contributed by atoms with van der Waals surface area (Å²) in [5.74, 6) is -0.0727. The van der Waals surface area contributed by atoms with Crippen LogP contribution in [0.3, 0.4) is 0 Å². The van der Waals surface area contributed by atoms with Crippen LogP contribution in [-0.2, 0) is 0 Å². The molecule has 0 aromatic heterocycles. The largest absolute Gasteiger partial charge is 0.347 e. The molecule has 1 aromatic rings. The molecule has 1 amide bonds. The van der Waals surface area contributed by atoms with Crippen molar-refractivity contribution in [2.45, 2.75) is 44.6 Å². The van der Waals surface area contributed by atoms with Gasteiger partial charge in [-0.3, -0.25) is 4.79 Å². The summed E-state index contributed by atoms with van der Waals surface area (Å²) in [6.07, 6.45) is 5.69. The second-order valence-electron chi connectivity index (χ2n) is 5.27. The lowest BCUT2D eigenvalue weighted by Gasteiger charge is -2.34. The average molecular weight is 242 g/mol. The number of nitrogens with zero attached hydrogens (tertiary/aromatic N) is 1. The Balaban J connectivity index is 2.09. The van der Waals surface area contributed by atoms with Crippen molar-refractivity contribution >= 4 is 5.91 Å². The summed E-state index contributed by atoms with van der Waals surface area (Å²) >= 11 is 0. The van der Waals surface area contributed by atoms with Gasteiger partial charge < -0.3 is 5.32 Å². The highest BCUT2D eigenvalue weighted by atomic mass is 16.1. The molecule has 1 saturated carbocycles. The third kappa shape index (κ3) is 2.89. The molecule has 0 atom stereocenters. The Hall–Kier alpha value is -1.82. The monoisotopic (exact) mass is 242 g/mol. The van der Waals surface area contributed by atoms with Crippen molar-refractivity contribution in [1.82, 2.24) is 5.32 Å². The molecule has 1 N–H and O–H groups in total. The van der Waals surface area contributed by atoms with Crippen molar-refractivity contribution in [2.75, 3.05) is 0 Å². The van der Waals surface area contributed by atoms with Gasteiger partial charge >= 0.3 is 0 Å². The van der Waals surface area contributed by atoms with Crippen molar-refractivity contribution in [2.24, 2.45) is 0 Å². The Morgan fingerprint density at radius 1 is 1.33 bits per heavy atom. The second kappa shape index (κ2) is 5.22. The third-order valence-electron chi connectivity index (χ3n) is 3.63. The lowest BCUT2D eigenvalue weighted by atomic mass is 9.83. The molecule has 0 heterocycles. The maximum atomic E-state index is 12.2. The minimum atomic E-state index is -0.0853. The molecular formula is C15H18N2O. The Morgan fingerprint density at radius 2 is 2.06 bits per heavy atom. The molecule has 0 unspecified atom stereocenters. The highest BCUT2D eigenvalue weighted by Gasteiger charge is 2.28. The van der Waals surface area contributed by atoms with E-state index in [1.807, 2.05) is 0 Å². The molecule has 0 bridgehead atoms. The van der Waals surface area contributed by atoms with E-state index >= 15 is 0 Å². The summed E-state index contributed by atoms with van der Waals surface area (Å²) in [5.41, 5.74) is 1.01. The molecule has 3 nitrogen and oxygen atoms in total. The van der Waals surface area contributed by atoms with Gasteiger partial charge in [-0.1, -0.05) is 25.3 Å². The van der Waals surface area contributed by atoms with E-state index in [1.54, 1.807) is 24.3 Å². The first kappa shape index (κ1) is 12.6. The van der Waals surface area contributed by atoms with Crippen LogP contribution in [0.2, 0.25) is 0 Å². The maximum Gasteiger partial charge on any atom is 0.251 e. The summed E-state index contributed by atoms with van der Waals surface area (Å²) < 4.78 is 0.